The molecule has 2 heterocycles. The zero-order valence-electron chi connectivity index (χ0n) is 41.5. The lowest BCUT2D eigenvalue weighted by Crippen LogP contribution is -2.46. The van der Waals surface area contributed by atoms with Gasteiger partial charge in [0.15, 0.2) is 6.10 Å². The highest BCUT2D eigenvalue weighted by Gasteiger charge is 2.39. The molecule has 0 fully saturated rings. The summed E-state index contributed by atoms with van der Waals surface area (Å²) in [5.74, 6) is -6.96. The van der Waals surface area contributed by atoms with E-state index in [1.54, 1.807) is 48.5 Å². The summed E-state index contributed by atoms with van der Waals surface area (Å²) < 4.78 is 86.6. The zero-order valence-corrected chi connectivity index (χ0v) is 43.1. The van der Waals surface area contributed by atoms with Gasteiger partial charge in [0.2, 0.25) is 17.7 Å². The molecule has 1 unspecified atom stereocenters. The number of ether oxygens (including phenoxy) is 3. The maximum absolute atomic E-state index is 13.5. The minimum Gasteiger partial charge on any atom is -0.490 e. The Hall–Kier alpha value is -7.66. The van der Waals surface area contributed by atoms with Crippen LogP contribution < -0.4 is 32.6 Å². The highest BCUT2D eigenvalue weighted by atomic mass is 35.5. The summed E-state index contributed by atoms with van der Waals surface area (Å²) in [4.78, 5) is 78.3. The van der Waals surface area contributed by atoms with Crippen LogP contribution in [0.2, 0.25) is 5.02 Å². The number of hydrogen-bond donors (Lipinski definition) is 7. The van der Waals surface area contributed by atoms with E-state index in [1.165, 1.54) is 18.0 Å². The number of carbonyl (C=O) groups is 6. The maximum Gasteiger partial charge on any atom is 0.490 e. The van der Waals surface area contributed by atoms with E-state index in [9.17, 15) is 56.0 Å². The van der Waals surface area contributed by atoms with Gasteiger partial charge in [-0.1, -0.05) is 63.2 Å². The number of carboxylic acids is 2. The number of thioether (sulfide) groups is 1. The molecule has 4 aromatic rings. The summed E-state index contributed by atoms with van der Waals surface area (Å²) in [5.41, 5.74) is 19.5. The Labute approximate surface area is 445 Å². The Bertz CT molecular complexity index is 2690. The Kier molecular flexibility index (Phi) is 26.7. The molecule has 10 N–H and O–H groups in total. The largest absolute Gasteiger partial charge is 0.490 e. The first-order valence-electron chi connectivity index (χ1n) is 22.7. The topological polar surface area (TPSA) is 359 Å². The second-order valence-corrected chi connectivity index (χ2v) is 18.2. The molecule has 0 aliphatic rings. The number of amides is 2. The van der Waals surface area contributed by atoms with Gasteiger partial charge in [-0.25, -0.2) is 29.1 Å². The number of aliphatic carboxylic acids is 2. The van der Waals surface area contributed by atoms with Crippen molar-refractivity contribution in [2.75, 3.05) is 32.0 Å². The Morgan fingerprint density at radius 2 is 1.23 bits per heavy atom. The molecule has 2 aromatic carbocycles. The molecule has 2 aromatic heterocycles. The fourth-order valence-corrected chi connectivity index (χ4v) is 7.14. The van der Waals surface area contributed by atoms with E-state index in [0.717, 1.165) is 5.56 Å². The summed E-state index contributed by atoms with van der Waals surface area (Å²) in [6.45, 7) is 6.97. The number of rotatable bonds is 23. The third-order valence-corrected chi connectivity index (χ3v) is 10.8. The molecular formula is C48H54ClF6N9O12S. The molecule has 0 radical (unpaired) electrons. The van der Waals surface area contributed by atoms with E-state index in [0.29, 0.717) is 27.9 Å². The number of nitrogen functional groups attached to an aromatic ring is 1. The highest BCUT2D eigenvalue weighted by molar-refractivity contribution is 7.98. The van der Waals surface area contributed by atoms with E-state index >= 15 is 0 Å². The highest BCUT2D eigenvalue weighted by Crippen LogP contribution is 2.37. The van der Waals surface area contributed by atoms with E-state index in [4.69, 9.17) is 67.2 Å². The Morgan fingerprint density at radius 1 is 0.753 bits per heavy atom. The molecule has 4 rings (SSSR count). The third kappa shape index (κ3) is 23.0. The van der Waals surface area contributed by atoms with Gasteiger partial charge in [-0.2, -0.15) is 36.9 Å². The van der Waals surface area contributed by atoms with Crippen LogP contribution in [0.25, 0.3) is 22.6 Å². The van der Waals surface area contributed by atoms with Crippen LogP contribution >= 0.6 is 23.4 Å². The predicted molar refractivity (Wildman–Crippen MR) is 264 cm³/mol. The average Bonchev–Trinajstić information content (AvgIpc) is 3.82. The van der Waals surface area contributed by atoms with Gasteiger partial charge in [0.1, 0.15) is 65.9 Å². The number of aromatic nitrogens is 2. The fourth-order valence-electron chi connectivity index (χ4n) is 6.14. The summed E-state index contributed by atoms with van der Waals surface area (Å²) in [6.07, 6.45) is -9.27. The van der Waals surface area contributed by atoms with Crippen molar-refractivity contribution in [1.82, 2.24) is 20.6 Å². The molecule has 29 heteroatoms. The summed E-state index contributed by atoms with van der Waals surface area (Å²) in [7, 11) is 0. The van der Waals surface area contributed by atoms with Crippen molar-refractivity contribution in [3.8, 4) is 40.5 Å². The number of nitrogens with one attached hydrogen (secondary N) is 2. The van der Waals surface area contributed by atoms with Crippen molar-refractivity contribution < 1.29 is 84.0 Å². The van der Waals surface area contributed by atoms with Crippen LogP contribution in [0.5, 0.6) is 5.75 Å². The van der Waals surface area contributed by atoms with Crippen molar-refractivity contribution in [2.24, 2.45) is 23.3 Å². The second kappa shape index (κ2) is 31.4. The van der Waals surface area contributed by atoms with Crippen LogP contribution in [-0.2, 0) is 44.0 Å². The minimum absolute atomic E-state index is 0.00245. The lowest BCUT2D eigenvalue weighted by molar-refractivity contribution is -0.193. The molecule has 0 bridgehead atoms. The smallest absolute Gasteiger partial charge is 0.490 e. The van der Waals surface area contributed by atoms with Gasteiger partial charge in [-0.15, -0.1) is 0 Å². The molecule has 77 heavy (non-hydrogen) atoms. The van der Waals surface area contributed by atoms with Gasteiger partial charge in [-0.05, 0) is 66.6 Å². The van der Waals surface area contributed by atoms with Crippen LogP contribution in [0.4, 0.5) is 32.2 Å². The Morgan fingerprint density at radius 3 is 1.69 bits per heavy atom. The molecule has 0 aliphatic carbocycles. The van der Waals surface area contributed by atoms with E-state index in [-0.39, 0.29) is 90.5 Å². The number of nitriles is 2. The summed E-state index contributed by atoms with van der Waals surface area (Å²) in [5, 5.41) is 40.9. The quantitative estimate of drug-likeness (QED) is 0.0235. The zero-order chi connectivity index (χ0) is 58.2. The van der Waals surface area contributed by atoms with Gasteiger partial charge in [0, 0.05) is 47.8 Å². The standard InChI is InChI=1S/C44H52ClN9O8S.2C2HF3O2/c1-25(2)17-35(52-37(55)13-15-46)43(57)61-23-32(62-44(58)36(18-26(3)4)53-38(56)14-16-47)22-59-31-11-7-27(8-12-31)39-33(19-48)40(50)54-42(34(39)20-49)63-24-30-21-60-41(51-30)28-5-9-29(45)10-6-28;2*3-2(4,5)1(6)7/h5-12,21,25-26,32,35-36H,13-18,22-24,46-47H2,1-4H3,(H2,50,54)(H,52,55)(H,53,56);2*(H,6,7)/t32-,35-,36?;;/m0../s1. The molecular weight excluding hydrogens is 1080 g/mol. The van der Waals surface area contributed by atoms with Crippen LogP contribution in [0, 0.1) is 34.5 Å². The number of halogens is 7. The average molecular weight is 1130 g/mol. The molecule has 0 aliphatic heterocycles. The summed E-state index contributed by atoms with van der Waals surface area (Å²) in [6, 6.07) is 15.7. The van der Waals surface area contributed by atoms with Crippen LogP contribution in [0.1, 0.15) is 70.2 Å². The van der Waals surface area contributed by atoms with Crippen molar-refractivity contribution >= 4 is 64.9 Å². The SMILES string of the molecule is CC(C)CC(NC(=O)CCN)C(=O)O[C@H](COC(=O)[C@H](CC(C)C)NC(=O)CCN)COc1ccc(-c2c(C#N)c(N)nc(SCc3coc(-c4ccc(Cl)cc4)n3)c2C#N)cc1.O=C(O)C(F)(F)F.O=C(O)C(F)(F)F. The number of esters is 2. The number of alkyl halides is 6. The lowest BCUT2D eigenvalue weighted by Gasteiger charge is -2.25. The number of nitrogens with zero attached hydrogens (tertiary/aromatic N) is 4. The first kappa shape index (κ1) is 65.5. The van der Waals surface area contributed by atoms with Crippen molar-refractivity contribution in [1.29, 1.82) is 10.5 Å². The van der Waals surface area contributed by atoms with Gasteiger partial charge in [0.05, 0.1) is 11.3 Å². The molecule has 418 valence electrons. The van der Waals surface area contributed by atoms with Crippen LogP contribution in [-0.4, -0.2) is 113 Å². The molecule has 21 nitrogen and oxygen atoms in total. The van der Waals surface area contributed by atoms with Crippen LogP contribution in [0.15, 0.2) is 64.2 Å². The van der Waals surface area contributed by atoms with Gasteiger partial charge < -0.3 is 56.7 Å². The number of benzene rings is 2. The van der Waals surface area contributed by atoms with Crippen molar-refractivity contribution in [2.45, 2.75) is 94.7 Å². The third-order valence-electron chi connectivity index (χ3n) is 9.57. The van der Waals surface area contributed by atoms with Crippen molar-refractivity contribution in [3.05, 3.63) is 76.6 Å². The van der Waals surface area contributed by atoms with Gasteiger partial charge in [-0.3, -0.25) is 9.59 Å². The second-order valence-electron chi connectivity index (χ2n) is 16.8. The van der Waals surface area contributed by atoms with E-state index < -0.39 is 72.8 Å². The first-order chi connectivity index (χ1) is 36.0. The minimum atomic E-state index is -5.08. The first-order valence-corrected chi connectivity index (χ1v) is 24.1. The summed E-state index contributed by atoms with van der Waals surface area (Å²) >= 11 is 7.21. The Balaban J connectivity index is 0.00000127. The van der Waals surface area contributed by atoms with Crippen LogP contribution in [0.3, 0.4) is 0 Å². The molecule has 0 saturated carbocycles. The molecule has 0 spiro atoms. The van der Waals surface area contributed by atoms with E-state index in [2.05, 4.69) is 32.7 Å². The number of nitrogens with two attached hydrogens (primary N) is 3. The van der Waals surface area contributed by atoms with Gasteiger partial charge >= 0.3 is 36.2 Å². The number of carboxylic acid groups (broad SMARTS) is 2. The number of hydrogen-bond acceptors (Lipinski definition) is 18. The lowest BCUT2D eigenvalue weighted by atomic mass is 9.97. The normalized spacial score (nSPS) is 12.2. The molecule has 0 saturated heterocycles. The van der Waals surface area contributed by atoms with Crippen molar-refractivity contribution in [3.63, 3.8) is 0 Å². The number of oxazole rings is 1. The monoisotopic (exact) mass is 1130 g/mol. The number of anilines is 1. The number of pyridine rings is 1. The predicted octanol–water partition coefficient (Wildman–Crippen LogP) is 6.53. The van der Waals surface area contributed by atoms with Gasteiger partial charge in [0.25, 0.3) is 0 Å². The molecule has 3 atom stereocenters. The number of carbonyl (C=O) groups excluding carboxylic acids is 4. The maximum atomic E-state index is 13.5. The fraction of sp³-hybridized carbons (Fsp3) is 0.417. The molecule has 2 amide bonds. The van der Waals surface area contributed by atoms with E-state index in [1.807, 2.05) is 27.7 Å².